The molecule has 0 spiro atoms. The molecule has 1 unspecified atom stereocenters. The summed E-state index contributed by atoms with van der Waals surface area (Å²) < 4.78 is 14.1. The number of hydrogen-bond donors (Lipinski definition) is 2. The van der Waals surface area contributed by atoms with Crippen LogP contribution in [-0.4, -0.2) is 41.1 Å². The molecule has 0 radical (unpaired) electrons. The Hall–Kier alpha value is -1.92. The van der Waals surface area contributed by atoms with Gasteiger partial charge in [-0.15, -0.1) is 12.4 Å². The summed E-state index contributed by atoms with van der Waals surface area (Å²) >= 11 is 0. The Morgan fingerprint density at radius 1 is 1.43 bits per heavy atom. The Labute approximate surface area is 140 Å². The minimum absolute atomic E-state index is 0. The Morgan fingerprint density at radius 3 is 2.96 bits per heavy atom. The van der Waals surface area contributed by atoms with Gasteiger partial charge in [0, 0.05) is 17.7 Å². The van der Waals surface area contributed by atoms with Gasteiger partial charge in [0.25, 0.3) is 0 Å². The topological polar surface area (TPSA) is 61.0 Å². The summed E-state index contributed by atoms with van der Waals surface area (Å²) in [6, 6.07) is 6.56. The highest BCUT2D eigenvalue weighted by Gasteiger charge is 2.32. The number of halogens is 2. The molecule has 1 aliphatic heterocycles. The summed E-state index contributed by atoms with van der Waals surface area (Å²) in [5.74, 6) is -0.227. The van der Waals surface area contributed by atoms with Gasteiger partial charge in [-0.1, -0.05) is 18.2 Å². The normalized spacial score (nSPS) is 17.1. The molecule has 1 fully saturated rings. The van der Waals surface area contributed by atoms with Crippen LogP contribution in [0.25, 0.3) is 11.1 Å². The Balaban J connectivity index is 0.00000192. The first-order chi connectivity index (χ1) is 10.7. The molecule has 1 aromatic carbocycles. The number of likely N-dealkylation sites (N-methyl/N-ethyl adjacent to an activating group) is 1. The monoisotopic (exact) mass is 338 g/mol. The van der Waals surface area contributed by atoms with Crippen molar-refractivity contribution in [2.45, 2.75) is 18.9 Å². The number of aromatic amines is 1. The third kappa shape index (κ3) is 3.38. The van der Waals surface area contributed by atoms with Crippen LogP contribution in [0.5, 0.6) is 0 Å². The Morgan fingerprint density at radius 2 is 2.22 bits per heavy atom. The molecule has 7 heteroatoms. The largest absolute Gasteiger partial charge is 0.333 e. The molecule has 1 saturated heterocycles. The molecule has 1 aromatic heterocycles. The van der Waals surface area contributed by atoms with E-state index in [-0.39, 0.29) is 30.2 Å². The molecule has 2 heterocycles. The van der Waals surface area contributed by atoms with Gasteiger partial charge in [-0.05, 0) is 26.0 Å². The van der Waals surface area contributed by atoms with E-state index in [2.05, 4.69) is 15.5 Å². The average molecular weight is 339 g/mol. The van der Waals surface area contributed by atoms with Crippen LogP contribution in [0.3, 0.4) is 0 Å². The fourth-order valence-electron chi connectivity index (χ4n) is 3.06. The Kier molecular flexibility index (Phi) is 5.74. The van der Waals surface area contributed by atoms with E-state index in [0.29, 0.717) is 12.1 Å². The maximum absolute atomic E-state index is 14.1. The van der Waals surface area contributed by atoms with Gasteiger partial charge in [-0.3, -0.25) is 9.89 Å². The number of carbonyl (C=O) groups is 1. The zero-order valence-electron chi connectivity index (χ0n) is 12.9. The number of amides is 1. The van der Waals surface area contributed by atoms with Crippen molar-refractivity contribution < 1.29 is 9.18 Å². The lowest BCUT2D eigenvalue weighted by atomic mass is 10.0. The second-order valence-electron chi connectivity index (χ2n) is 5.45. The molecule has 3 rings (SSSR count). The van der Waals surface area contributed by atoms with Crippen molar-refractivity contribution in [2.75, 3.05) is 20.1 Å². The SMILES string of the molecule is CNCC(=O)N1CCCC1c1[nH]ncc1-c1ccccc1F.Cl. The van der Waals surface area contributed by atoms with Crippen LogP contribution in [0.1, 0.15) is 24.6 Å². The third-order valence-electron chi connectivity index (χ3n) is 4.07. The van der Waals surface area contributed by atoms with E-state index in [0.717, 1.165) is 30.6 Å². The van der Waals surface area contributed by atoms with Crippen molar-refractivity contribution in [1.82, 2.24) is 20.4 Å². The molecule has 2 aromatic rings. The van der Waals surface area contributed by atoms with E-state index in [1.54, 1.807) is 31.4 Å². The van der Waals surface area contributed by atoms with Gasteiger partial charge in [0.15, 0.2) is 0 Å². The first-order valence-corrected chi connectivity index (χ1v) is 7.44. The molecule has 1 aliphatic rings. The molecular formula is C16H20ClFN4O. The quantitative estimate of drug-likeness (QED) is 0.900. The summed E-state index contributed by atoms with van der Waals surface area (Å²) in [6.45, 7) is 1.03. The molecule has 2 N–H and O–H groups in total. The van der Waals surface area contributed by atoms with Gasteiger partial charge >= 0.3 is 0 Å². The minimum Gasteiger partial charge on any atom is -0.333 e. The predicted molar refractivity (Wildman–Crippen MR) is 88.8 cm³/mol. The first kappa shape index (κ1) is 17.4. The van der Waals surface area contributed by atoms with Crippen molar-refractivity contribution in [3.8, 4) is 11.1 Å². The summed E-state index contributed by atoms with van der Waals surface area (Å²) in [6.07, 6.45) is 3.43. The van der Waals surface area contributed by atoms with E-state index in [1.807, 2.05) is 4.90 Å². The number of hydrogen-bond acceptors (Lipinski definition) is 3. The van der Waals surface area contributed by atoms with Crippen LogP contribution in [-0.2, 0) is 4.79 Å². The molecule has 1 atom stereocenters. The van der Waals surface area contributed by atoms with Crippen molar-refractivity contribution in [1.29, 1.82) is 0 Å². The van der Waals surface area contributed by atoms with Crippen LogP contribution in [0.15, 0.2) is 30.5 Å². The number of carbonyl (C=O) groups excluding carboxylic acids is 1. The van der Waals surface area contributed by atoms with E-state index in [4.69, 9.17) is 0 Å². The standard InChI is InChI=1S/C16H19FN4O.ClH/c1-18-10-15(22)21-8-4-7-14(21)16-12(9-19-20-16)11-5-2-3-6-13(11)17;/h2-3,5-6,9,14,18H,4,7-8,10H2,1H3,(H,19,20);1H. The van der Waals surface area contributed by atoms with Crippen molar-refractivity contribution in [3.05, 3.63) is 42.0 Å². The smallest absolute Gasteiger partial charge is 0.237 e. The van der Waals surface area contributed by atoms with Crippen molar-refractivity contribution in [2.24, 2.45) is 0 Å². The number of rotatable bonds is 4. The molecule has 124 valence electrons. The fraction of sp³-hybridized carbons (Fsp3) is 0.375. The molecule has 23 heavy (non-hydrogen) atoms. The average Bonchev–Trinajstić information content (AvgIpc) is 3.16. The molecule has 1 amide bonds. The minimum atomic E-state index is -0.281. The van der Waals surface area contributed by atoms with Gasteiger partial charge < -0.3 is 10.2 Å². The van der Waals surface area contributed by atoms with Crippen LogP contribution >= 0.6 is 12.4 Å². The molecule has 0 saturated carbocycles. The summed E-state index contributed by atoms with van der Waals surface area (Å²) in [5.41, 5.74) is 2.05. The van der Waals surface area contributed by atoms with Crippen LogP contribution in [0, 0.1) is 5.82 Å². The highest BCUT2D eigenvalue weighted by atomic mass is 35.5. The second-order valence-corrected chi connectivity index (χ2v) is 5.45. The molecule has 0 bridgehead atoms. The van der Waals surface area contributed by atoms with Gasteiger partial charge in [0.05, 0.1) is 24.5 Å². The van der Waals surface area contributed by atoms with Gasteiger partial charge in [0.1, 0.15) is 5.82 Å². The number of benzene rings is 1. The van der Waals surface area contributed by atoms with E-state index in [1.165, 1.54) is 6.07 Å². The van der Waals surface area contributed by atoms with Crippen molar-refractivity contribution in [3.63, 3.8) is 0 Å². The highest BCUT2D eigenvalue weighted by molar-refractivity contribution is 5.85. The van der Waals surface area contributed by atoms with Gasteiger partial charge in [-0.25, -0.2) is 4.39 Å². The van der Waals surface area contributed by atoms with E-state index >= 15 is 0 Å². The predicted octanol–water partition coefficient (Wildman–Crippen LogP) is 2.52. The number of H-pyrrole nitrogens is 1. The summed E-state index contributed by atoms with van der Waals surface area (Å²) in [5, 5.41) is 9.94. The second kappa shape index (κ2) is 7.57. The number of aromatic nitrogens is 2. The lowest BCUT2D eigenvalue weighted by Crippen LogP contribution is -2.36. The molecule has 0 aliphatic carbocycles. The lowest BCUT2D eigenvalue weighted by Gasteiger charge is -2.24. The van der Waals surface area contributed by atoms with Crippen LogP contribution in [0.2, 0.25) is 0 Å². The van der Waals surface area contributed by atoms with Gasteiger partial charge in [0.2, 0.25) is 5.91 Å². The highest BCUT2D eigenvalue weighted by Crippen LogP contribution is 2.37. The zero-order chi connectivity index (χ0) is 15.5. The summed E-state index contributed by atoms with van der Waals surface area (Å²) in [4.78, 5) is 14.1. The maximum Gasteiger partial charge on any atom is 0.237 e. The third-order valence-corrected chi connectivity index (χ3v) is 4.07. The number of likely N-dealkylation sites (tertiary alicyclic amines) is 1. The lowest BCUT2D eigenvalue weighted by molar-refractivity contribution is -0.131. The van der Waals surface area contributed by atoms with E-state index < -0.39 is 0 Å². The number of nitrogens with one attached hydrogen (secondary N) is 2. The zero-order valence-corrected chi connectivity index (χ0v) is 13.7. The van der Waals surface area contributed by atoms with Gasteiger partial charge in [-0.2, -0.15) is 5.10 Å². The fourth-order valence-corrected chi connectivity index (χ4v) is 3.06. The van der Waals surface area contributed by atoms with Crippen LogP contribution < -0.4 is 5.32 Å². The number of nitrogens with zero attached hydrogens (tertiary/aromatic N) is 2. The Bertz CT molecular complexity index is 676. The van der Waals surface area contributed by atoms with E-state index in [9.17, 15) is 9.18 Å². The summed E-state index contributed by atoms with van der Waals surface area (Å²) in [7, 11) is 1.75. The van der Waals surface area contributed by atoms with Crippen LogP contribution in [0.4, 0.5) is 4.39 Å². The first-order valence-electron chi connectivity index (χ1n) is 7.44. The molecular weight excluding hydrogens is 319 g/mol. The maximum atomic E-state index is 14.1. The van der Waals surface area contributed by atoms with Crippen molar-refractivity contribution >= 4 is 18.3 Å². The molecule has 5 nitrogen and oxygen atoms in total.